The Morgan fingerprint density at radius 2 is 1.89 bits per heavy atom. The summed E-state index contributed by atoms with van der Waals surface area (Å²) in [5.41, 5.74) is 3.38. The van der Waals surface area contributed by atoms with Gasteiger partial charge >= 0.3 is 5.97 Å². The number of hydrogen-bond acceptors (Lipinski definition) is 8. The van der Waals surface area contributed by atoms with Crippen molar-refractivity contribution in [1.82, 2.24) is 30.1 Å². The molecule has 0 aliphatic heterocycles. The molecule has 4 rings (SSSR count). The predicted octanol–water partition coefficient (Wildman–Crippen LogP) is 3.79. The Bertz CT molecular complexity index is 1440. The van der Waals surface area contributed by atoms with Crippen LogP contribution in [-0.4, -0.2) is 49.8 Å². The van der Waals surface area contributed by atoms with Gasteiger partial charge in [0.25, 0.3) is 5.56 Å². The van der Waals surface area contributed by atoms with Crippen LogP contribution in [0.5, 0.6) is 5.75 Å². The number of para-hydroxylation sites is 1. The molecule has 0 saturated heterocycles. The summed E-state index contributed by atoms with van der Waals surface area (Å²) in [7, 11) is 1.63. The molecule has 10 heteroatoms. The highest BCUT2D eigenvalue weighted by Crippen LogP contribution is 2.30. The number of methoxy groups -OCH3 is 1. The number of ether oxygens (including phenoxy) is 2. The highest BCUT2D eigenvalue weighted by Gasteiger charge is 2.30. The molecule has 0 fully saturated rings. The molecule has 200 valence electrons. The number of aromatic amines is 1. The van der Waals surface area contributed by atoms with Gasteiger partial charge in [0.15, 0.2) is 5.82 Å². The van der Waals surface area contributed by atoms with Gasteiger partial charge in [-0.2, -0.15) is 0 Å². The number of esters is 1. The Labute approximate surface area is 221 Å². The smallest absolute Gasteiger partial charge is 0.327 e. The van der Waals surface area contributed by atoms with E-state index in [0.717, 1.165) is 27.8 Å². The summed E-state index contributed by atoms with van der Waals surface area (Å²) in [5.74, 6) is 0.948. The number of benzene rings is 2. The lowest BCUT2D eigenvalue weighted by atomic mass is 9.99. The number of carbonyl (C=O) groups is 1. The average Bonchev–Trinajstić information content (AvgIpc) is 3.32. The van der Waals surface area contributed by atoms with Crippen LogP contribution in [0.15, 0.2) is 53.3 Å². The third-order valence-electron chi connectivity index (χ3n) is 6.52. The molecule has 0 aliphatic carbocycles. The molecule has 0 radical (unpaired) electrons. The van der Waals surface area contributed by atoms with Crippen LogP contribution in [0.3, 0.4) is 0 Å². The van der Waals surface area contributed by atoms with Crippen LogP contribution in [0.25, 0.3) is 10.9 Å². The zero-order chi connectivity index (χ0) is 27.2. The maximum absolute atomic E-state index is 13.2. The highest BCUT2D eigenvalue weighted by atomic mass is 16.5. The number of nitrogens with one attached hydrogen (secondary N) is 1. The minimum absolute atomic E-state index is 0.0574. The van der Waals surface area contributed by atoms with E-state index in [1.54, 1.807) is 14.0 Å². The summed E-state index contributed by atoms with van der Waals surface area (Å²) in [6.07, 6.45) is 0. The predicted molar refractivity (Wildman–Crippen MR) is 144 cm³/mol. The molecular formula is C28H34N6O4. The summed E-state index contributed by atoms with van der Waals surface area (Å²) in [6, 6.07) is 15.4. The molecule has 0 bridgehead atoms. The van der Waals surface area contributed by atoms with Crippen LogP contribution in [0.2, 0.25) is 0 Å². The van der Waals surface area contributed by atoms with E-state index in [1.807, 2.05) is 55.5 Å². The molecule has 0 spiro atoms. The number of tetrazole rings is 1. The van der Waals surface area contributed by atoms with Gasteiger partial charge in [-0.1, -0.05) is 44.2 Å². The van der Waals surface area contributed by atoms with Crippen LogP contribution >= 0.6 is 0 Å². The Morgan fingerprint density at radius 3 is 2.58 bits per heavy atom. The van der Waals surface area contributed by atoms with Crippen LogP contribution in [0.1, 0.15) is 49.3 Å². The first-order valence-electron chi connectivity index (χ1n) is 12.7. The SMILES string of the molecule is CCOC(=O)Cn1nnnc1[C@H](C(C)C)N(Cc1ccc(OC)cc1)Cc1cc2cccc(C)c2[nH]c1=O. The molecule has 4 aromatic rings. The first-order chi connectivity index (χ1) is 18.3. The Hall–Kier alpha value is -4.05. The van der Waals surface area contributed by atoms with Crippen LogP contribution in [0, 0.1) is 12.8 Å². The quantitative estimate of drug-likeness (QED) is 0.298. The van der Waals surface area contributed by atoms with E-state index in [2.05, 4.69) is 39.3 Å². The lowest BCUT2D eigenvalue weighted by molar-refractivity contribution is -0.144. The van der Waals surface area contributed by atoms with E-state index in [1.165, 1.54) is 4.68 Å². The molecular weight excluding hydrogens is 484 g/mol. The summed E-state index contributed by atoms with van der Waals surface area (Å²) >= 11 is 0. The van der Waals surface area contributed by atoms with E-state index < -0.39 is 5.97 Å². The van der Waals surface area contributed by atoms with Gasteiger partial charge < -0.3 is 14.5 Å². The molecule has 10 nitrogen and oxygen atoms in total. The Morgan fingerprint density at radius 1 is 1.13 bits per heavy atom. The second-order valence-corrected chi connectivity index (χ2v) is 9.60. The molecule has 0 aliphatic rings. The molecule has 2 aromatic heterocycles. The van der Waals surface area contributed by atoms with Crippen molar-refractivity contribution >= 4 is 16.9 Å². The Balaban J connectivity index is 1.76. The molecule has 38 heavy (non-hydrogen) atoms. The normalized spacial score (nSPS) is 12.3. The van der Waals surface area contributed by atoms with Crippen LogP contribution in [0.4, 0.5) is 0 Å². The van der Waals surface area contributed by atoms with Gasteiger partial charge in [-0.05, 0) is 64.9 Å². The number of nitrogens with zero attached hydrogens (tertiary/aromatic N) is 5. The number of H-pyrrole nitrogens is 1. The van der Waals surface area contributed by atoms with E-state index in [4.69, 9.17) is 9.47 Å². The average molecular weight is 519 g/mol. The number of aromatic nitrogens is 5. The highest BCUT2D eigenvalue weighted by molar-refractivity contribution is 5.81. The third-order valence-corrected chi connectivity index (χ3v) is 6.52. The maximum atomic E-state index is 13.2. The van der Waals surface area contributed by atoms with Gasteiger partial charge in [0.05, 0.1) is 25.3 Å². The fourth-order valence-electron chi connectivity index (χ4n) is 4.73. The molecule has 2 aromatic carbocycles. The van der Waals surface area contributed by atoms with E-state index >= 15 is 0 Å². The number of hydrogen-bond donors (Lipinski definition) is 1. The van der Waals surface area contributed by atoms with Gasteiger partial charge in [0.1, 0.15) is 12.3 Å². The van der Waals surface area contributed by atoms with E-state index in [0.29, 0.717) is 24.5 Å². The third kappa shape index (κ3) is 6.08. The number of carbonyl (C=O) groups excluding carboxylic acids is 1. The molecule has 0 saturated carbocycles. The largest absolute Gasteiger partial charge is 0.497 e. The van der Waals surface area contributed by atoms with Crippen molar-refractivity contribution < 1.29 is 14.3 Å². The number of aryl methyl sites for hydroxylation is 1. The summed E-state index contributed by atoms with van der Waals surface area (Å²) in [4.78, 5) is 30.7. The van der Waals surface area contributed by atoms with Crippen molar-refractivity contribution in [2.24, 2.45) is 5.92 Å². The molecule has 1 atom stereocenters. The van der Waals surface area contributed by atoms with Crippen molar-refractivity contribution in [2.45, 2.75) is 53.4 Å². The fourth-order valence-corrected chi connectivity index (χ4v) is 4.73. The van der Waals surface area contributed by atoms with Gasteiger partial charge in [-0.3, -0.25) is 14.5 Å². The molecule has 0 amide bonds. The lowest BCUT2D eigenvalue weighted by Crippen LogP contribution is -2.35. The zero-order valence-corrected chi connectivity index (χ0v) is 22.5. The molecule has 0 unspecified atom stereocenters. The summed E-state index contributed by atoms with van der Waals surface area (Å²) in [5, 5.41) is 13.2. The standard InChI is InChI=1S/C28H34N6O4/c1-6-38-24(35)17-34-27(30-31-32-34)26(18(2)3)33(15-20-10-12-23(37-5)13-11-20)16-22-14-21-9-7-8-19(4)25(21)29-28(22)36/h7-14,18,26H,6,15-17H2,1-5H3,(H,29,36)/t26-/m0/s1. The monoisotopic (exact) mass is 518 g/mol. The zero-order valence-electron chi connectivity index (χ0n) is 22.5. The first-order valence-corrected chi connectivity index (χ1v) is 12.7. The summed E-state index contributed by atoms with van der Waals surface area (Å²) < 4.78 is 11.9. The maximum Gasteiger partial charge on any atom is 0.327 e. The number of rotatable bonds is 11. The van der Waals surface area contributed by atoms with Crippen molar-refractivity contribution in [3.8, 4) is 5.75 Å². The van der Waals surface area contributed by atoms with Crippen molar-refractivity contribution in [3.05, 3.63) is 81.4 Å². The van der Waals surface area contributed by atoms with Crippen LogP contribution < -0.4 is 10.3 Å². The van der Waals surface area contributed by atoms with Gasteiger partial charge in [-0.25, -0.2) is 4.68 Å². The van der Waals surface area contributed by atoms with Crippen LogP contribution in [-0.2, 0) is 29.2 Å². The second-order valence-electron chi connectivity index (χ2n) is 9.60. The number of pyridine rings is 1. The van der Waals surface area contributed by atoms with Crippen molar-refractivity contribution in [2.75, 3.05) is 13.7 Å². The Kier molecular flexibility index (Phi) is 8.52. The number of fused-ring (bicyclic) bond motifs is 1. The molecule has 2 heterocycles. The van der Waals surface area contributed by atoms with Crippen molar-refractivity contribution in [3.63, 3.8) is 0 Å². The van der Waals surface area contributed by atoms with Gasteiger partial charge in [-0.15, -0.1) is 5.10 Å². The second kappa shape index (κ2) is 12.0. The minimum atomic E-state index is -0.411. The fraction of sp³-hybridized carbons (Fsp3) is 0.393. The van der Waals surface area contributed by atoms with Gasteiger partial charge in [0, 0.05) is 18.7 Å². The summed E-state index contributed by atoms with van der Waals surface area (Å²) in [6.45, 7) is 8.93. The van der Waals surface area contributed by atoms with Gasteiger partial charge in [0.2, 0.25) is 0 Å². The topological polar surface area (TPSA) is 115 Å². The van der Waals surface area contributed by atoms with E-state index in [9.17, 15) is 9.59 Å². The lowest BCUT2D eigenvalue weighted by Gasteiger charge is -2.33. The minimum Gasteiger partial charge on any atom is -0.497 e. The molecule has 1 N–H and O–H groups in total. The van der Waals surface area contributed by atoms with Crippen molar-refractivity contribution in [1.29, 1.82) is 0 Å². The first kappa shape index (κ1) is 27.0. The van der Waals surface area contributed by atoms with E-state index in [-0.39, 0.29) is 30.7 Å².